The molecule has 8 heteroatoms. The Balaban J connectivity index is 1.74. The second-order valence-electron chi connectivity index (χ2n) is 6.06. The number of anilines is 1. The maximum atomic E-state index is 13.0. The number of likely N-dealkylation sites (tertiary alicyclic amines) is 1. The van der Waals surface area contributed by atoms with E-state index < -0.39 is 0 Å². The predicted molar refractivity (Wildman–Crippen MR) is 94.3 cm³/mol. The minimum absolute atomic E-state index is 0.0556. The van der Waals surface area contributed by atoms with Crippen molar-refractivity contribution in [2.45, 2.75) is 25.4 Å². The summed E-state index contributed by atoms with van der Waals surface area (Å²) in [6.07, 6.45) is 1.85. The SMILES string of the molecule is CN1CCCC1C(=O)NCc1nc(Cl)c(-c2ccc(F)cc2)nc1N. The van der Waals surface area contributed by atoms with Gasteiger partial charge >= 0.3 is 0 Å². The average molecular weight is 364 g/mol. The summed E-state index contributed by atoms with van der Waals surface area (Å²) in [5, 5.41) is 2.99. The van der Waals surface area contributed by atoms with Gasteiger partial charge in [0.25, 0.3) is 0 Å². The van der Waals surface area contributed by atoms with Crippen LogP contribution in [0.25, 0.3) is 11.3 Å². The Morgan fingerprint density at radius 2 is 2.12 bits per heavy atom. The van der Waals surface area contributed by atoms with Gasteiger partial charge in [-0.2, -0.15) is 0 Å². The number of benzene rings is 1. The highest BCUT2D eigenvalue weighted by Crippen LogP contribution is 2.26. The molecule has 1 atom stereocenters. The molecule has 1 fully saturated rings. The first-order chi connectivity index (χ1) is 12.0. The summed E-state index contributed by atoms with van der Waals surface area (Å²) in [6.45, 7) is 1.07. The van der Waals surface area contributed by atoms with E-state index in [1.165, 1.54) is 12.1 Å². The lowest BCUT2D eigenvalue weighted by atomic mass is 10.1. The van der Waals surface area contributed by atoms with Crippen molar-refractivity contribution in [2.24, 2.45) is 0 Å². The molecule has 1 unspecified atom stereocenters. The number of nitrogens with one attached hydrogen (secondary N) is 1. The fourth-order valence-corrected chi connectivity index (χ4v) is 3.16. The van der Waals surface area contributed by atoms with Gasteiger partial charge in [-0.05, 0) is 50.7 Å². The second kappa shape index (κ2) is 7.33. The maximum absolute atomic E-state index is 13.0. The van der Waals surface area contributed by atoms with Crippen LogP contribution in [0.3, 0.4) is 0 Å². The first-order valence-corrected chi connectivity index (χ1v) is 8.39. The van der Waals surface area contributed by atoms with Gasteiger partial charge in [0.1, 0.15) is 23.0 Å². The van der Waals surface area contributed by atoms with Crippen molar-refractivity contribution >= 4 is 23.3 Å². The Bertz CT molecular complexity index is 783. The standard InChI is InChI=1S/C17H19ClFN5O/c1-24-8-2-3-13(24)17(25)21-9-12-16(20)23-14(15(18)22-12)10-4-6-11(19)7-5-10/h4-7,13H,2-3,8-9H2,1H3,(H2,20,23)(H,21,25). The number of carbonyl (C=O) groups is 1. The third-order valence-corrected chi connectivity index (χ3v) is 4.59. The van der Waals surface area contributed by atoms with Gasteiger partial charge in [-0.1, -0.05) is 11.6 Å². The van der Waals surface area contributed by atoms with Crippen molar-refractivity contribution in [3.05, 3.63) is 40.9 Å². The van der Waals surface area contributed by atoms with Gasteiger partial charge in [0.2, 0.25) is 5.91 Å². The van der Waals surface area contributed by atoms with Crippen LogP contribution in [0.15, 0.2) is 24.3 Å². The van der Waals surface area contributed by atoms with E-state index >= 15 is 0 Å². The molecule has 0 saturated carbocycles. The molecular formula is C17H19ClFN5O. The quantitative estimate of drug-likeness (QED) is 0.870. The van der Waals surface area contributed by atoms with Crippen molar-refractivity contribution < 1.29 is 9.18 Å². The van der Waals surface area contributed by atoms with Crippen molar-refractivity contribution in [3.63, 3.8) is 0 Å². The zero-order valence-electron chi connectivity index (χ0n) is 13.8. The molecule has 3 rings (SSSR count). The third kappa shape index (κ3) is 3.88. The van der Waals surface area contributed by atoms with Crippen molar-refractivity contribution in [3.8, 4) is 11.3 Å². The number of nitrogens with two attached hydrogens (primary N) is 1. The van der Waals surface area contributed by atoms with Crippen LogP contribution in [-0.2, 0) is 11.3 Å². The fourth-order valence-electron chi connectivity index (χ4n) is 2.91. The minimum Gasteiger partial charge on any atom is -0.382 e. The molecule has 1 amide bonds. The maximum Gasteiger partial charge on any atom is 0.237 e. The molecule has 1 aliphatic heterocycles. The molecule has 25 heavy (non-hydrogen) atoms. The van der Waals surface area contributed by atoms with Gasteiger partial charge in [-0.3, -0.25) is 9.69 Å². The van der Waals surface area contributed by atoms with E-state index in [1.807, 2.05) is 11.9 Å². The molecule has 2 heterocycles. The number of likely N-dealkylation sites (N-methyl/N-ethyl adjacent to an activating group) is 1. The van der Waals surface area contributed by atoms with Crippen LogP contribution >= 0.6 is 11.6 Å². The fraction of sp³-hybridized carbons (Fsp3) is 0.353. The Kier molecular flexibility index (Phi) is 5.15. The smallest absolute Gasteiger partial charge is 0.237 e. The first kappa shape index (κ1) is 17.6. The summed E-state index contributed by atoms with van der Waals surface area (Å²) >= 11 is 6.20. The van der Waals surface area contributed by atoms with Crippen LogP contribution in [0.4, 0.5) is 10.2 Å². The zero-order chi connectivity index (χ0) is 18.0. The van der Waals surface area contributed by atoms with E-state index in [2.05, 4.69) is 15.3 Å². The Morgan fingerprint density at radius 1 is 1.40 bits per heavy atom. The number of carbonyl (C=O) groups excluding carboxylic acids is 1. The summed E-state index contributed by atoms with van der Waals surface area (Å²) in [5.41, 5.74) is 7.36. The van der Waals surface area contributed by atoms with Crippen molar-refractivity contribution in [2.75, 3.05) is 19.3 Å². The predicted octanol–water partition coefficient (Wildman–Crippen LogP) is 2.23. The first-order valence-electron chi connectivity index (χ1n) is 8.01. The minimum atomic E-state index is -0.350. The normalized spacial score (nSPS) is 17.6. The Hall–Kier alpha value is -2.25. The average Bonchev–Trinajstić information content (AvgIpc) is 3.02. The molecule has 0 bridgehead atoms. The Morgan fingerprint density at radius 3 is 2.76 bits per heavy atom. The topological polar surface area (TPSA) is 84.1 Å². The molecule has 1 saturated heterocycles. The molecule has 3 N–H and O–H groups in total. The van der Waals surface area contributed by atoms with Gasteiger partial charge in [0.15, 0.2) is 5.15 Å². The number of nitrogens with zero attached hydrogens (tertiary/aromatic N) is 3. The molecule has 0 aliphatic carbocycles. The highest BCUT2D eigenvalue weighted by atomic mass is 35.5. The molecule has 0 radical (unpaired) electrons. The van der Waals surface area contributed by atoms with Crippen LogP contribution in [-0.4, -0.2) is 40.4 Å². The lowest BCUT2D eigenvalue weighted by molar-refractivity contribution is -0.125. The van der Waals surface area contributed by atoms with E-state index in [0.29, 0.717) is 17.0 Å². The lowest BCUT2D eigenvalue weighted by Crippen LogP contribution is -2.41. The Labute approximate surface area is 150 Å². The molecule has 2 aromatic rings. The molecule has 1 aliphatic rings. The van der Waals surface area contributed by atoms with Crippen molar-refractivity contribution in [1.82, 2.24) is 20.2 Å². The van der Waals surface area contributed by atoms with Crippen LogP contribution in [0.2, 0.25) is 5.15 Å². The molecule has 6 nitrogen and oxygen atoms in total. The summed E-state index contributed by atoms with van der Waals surface area (Å²) in [5.74, 6) is -0.222. The largest absolute Gasteiger partial charge is 0.382 e. The number of hydrogen-bond acceptors (Lipinski definition) is 5. The van der Waals surface area contributed by atoms with Crippen LogP contribution < -0.4 is 11.1 Å². The number of halogens is 2. The van der Waals surface area contributed by atoms with E-state index in [-0.39, 0.29) is 35.3 Å². The van der Waals surface area contributed by atoms with E-state index in [4.69, 9.17) is 17.3 Å². The molecule has 132 valence electrons. The van der Waals surface area contributed by atoms with Gasteiger partial charge in [-0.25, -0.2) is 14.4 Å². The molecular weight excluding hydrogens is 345 g/mol. The molecule has 0 spiro atoms. The second-order valence-corrected chi connectivity index (χ2v) is 6.42. The van der Waals surface area contributed by atoms with Gasteiger partial charge in [-0.15, -0.1) is 0 Å². The van der Waals surface area contributed by atoms with Crippen molar-refractivity contribution in [1.29, 1.82) is 0 Å². The molecule has 1 aromatic carbocycles. The van der Waals surface area contributed by atoms with Crippen LogP contribution in [0.5, 0.6) is 0 Å². The summed E-state index contributed by atoms with van der Waals surface area (Å²) in [4.78, 5) is 22.8. The van der Waals surface area contributed by atoms with E-state index in [0.717, 1.165) is 19.4 Å². The molecule has 1 aromatic heterocycles. The third-order valence-electron chi connectivity index (χ3n) is 4.33. The van der Waals surface area contributed by atoms with Gasteiger partial charge in [0, 0.05) is 5.56 Å². The number of nitrogen functional groups attached to an aromatic ring is 1. The number of rotatable bonds is 4. The summed E-state index contributed by atoms with van der Waals surface area (Å²) in [7, 11) is 1.93. The van der Waals surface area contributed by atoms with E-state index in [1.54, 1.807) is 12.1 Å². The van der Waals surface area contributed by atoms with Crippen LogP contribution in [0.1, 0.15) is 18.5 Å². The summed E-state index contributed by atoms with van der Waals surface area (Å²) < 4.78 is 13.0. The van der Waals surface area contributed by atoms with Gasteiger partial charge in [0.05, 0.1) is 12.6 Å². The van der Waals surface area contributed by atoms with Gasteiger partial charge < -0.3 is 11.1 Å². The number of hydrogen-bond donors (Lipinski definition) is 2. The van der Waals surface area contributed by atoms with E-state index in [9.17, 15) is 9.18 Å². The number of aromatic nitrogens is 2. The number of amides is 1. The monoisotopic (exact) mass is 363 g/mol. The lowest BCUT2D eigenvalue weighted by Gasteiger charge is -2.18. The highest BCUT2D eigenvalue weighted by molar-refractivity contribution is 6.31. The summed E-state index contributed by atoms with van der Waals surface area (Å²) in [6, 6.07) is 5.62. The van der Waals surface area contributed by atoms with Crippen LogP contribution in [0, 0.1) is 5.82 Å². The highest BCUT2D eigenvalue weighted by Gasteiger charge is 2.27. The zero-order valence-corrected chi connectivity index (χ0v) is 14.6.